The summed E-state index contributed by atoms with van der Waals surface area (Å²) < 4.78 is 68.0. The molecule has 1 fully saturated rings. The van der Waals surface area contributed by atoms with Crippen LogP contribution in [-0.2, 0) is 22.4 Å². The summed E-state index contributed by atoms with van der Waals surface area (Å²) in [4.78, 5) is 2.37. The number of nitrogens with zero attached hydrogens (tertiary/aromatic N) is 2. The highest BCUT2D eigenvalue weighted by Gasteiger charge is 2.31. The van der Waals surface area contributed by atoms with Gasteiger partial charge in [0.15, 0.2) is 9.84 Å². The number of hydrogen-bond acceptors (Lipinski definition) is 6. The lowest BCUT2D eigenvalue weighted by Gasteiger charge is -2.33. The molecule has 0 aromatic heterocycles. The maximum atomic E-state index is 13.1. The van der Waals surface area contributed by atoms with E-state index < -0.39 is 21.6 Å². The SMILES string of the molecule is CS(=O)(=O)c1ccc(OC[C@@H]2CN(CCc3cc(C#N)cc(C(F)(F)F)c3)CCN2)cc1. The second kappa shape index (κ2) is 9.90. The number of rotatable bonds is 7. The van der Waals surface area contributed by atoms with Crippen LogP contribution in [0.15, 0.2) is 47.4 Å². The van der Waals surface area contributed by atoms with Crippen LogP contribution >= 0.6 is 0 Å². The van der Waals surface area contributed by atoms with Crippen LogP contribution in [0.5, 0.6) is 5.75 Å². The molecule has 1 heterocycles. The average molecular weight is 468 g/mol. The molecule has 0 bridgehead atoms. The number of nitriles is 1. The van der Waals surface area contributed by atoms with Gasteiger partial charge in [0.25, 0.3) is 0 Å². The molecule has 10 heteroatoms. The fourth-order valence-electron chi connectivity index (χ4n) is 3.54. The predicted octanol–water partition coefficient (Wildman–Crippen LogP) is 2.88. The van der Waals surface area contributed by atoms with Crippen molar-refractivity contribution in [1.82, 2.24) is 10.2 Å². The van der Waals surface area contributed by atoms with Crippen molar-refractivity contribution in [1.29, 1.82) is 5.26 Å². The Kier molecular flexibility index (Phi) is 7.44. The third-order valence-corrected chi connectivity index (χ3v) is 6.34. The van der Waals surface area contributed by atoms with Crippen LogP contribution in [0.1, 0.15) is 16.7 Å². The minimum Gasteiger partial charge on any atom is -0.492 e. The van der Waals surface area contributed by atoms with Crippen molar-refractivity contribution >= 4 is 9.84 Å². The van der Waals surface area contributed by atoms with E-state index in [1.165, 1.54) is 18.2 Å². The van der Waals surface area contributed by atoms with E-state index in [0.29, 0.717) is 44.0 Å². The maximum Gasteiger partial charge on any atom is 0.416 e. The van der Waals surface area contributed by atoms with Crippen LogP contribution in [0, 0.1) is 11.3 Å². The molecule has 1 saturated heterocycles. The lowest BCUT2D eigenvalue weighted by atomic mass is 10.0. The van der Waals surface area contributed by atoms with Gasteiger partial charge in [-0.3, -0.25) is 0 Å². The Morgan fingerprint density at radius 1 is 1.22 bits per heavy atom. The molecule has 0 unspecified atom stereocenters. The van der Waals surface area contributed by atoms with Crippen LogP contribution in [0.4, 0.5) is 13.2 Å². The summed E-state index contributed by atoms with van der Waals surface area (Å²) in [6.45, 7) is 3.06. The van der Waals surface area contributed by atoms with Gasteiger partial charge >= 0.3 is 6.18 Å². The zero-order valence-corrected chi connectivity index (χ0v) is 18.3. The van der Waals surface area contributed by atoms with Crippen molar-refractivity contribution in [3.8, 4) is 11.8 Å². The molecule has 32 heavy (non-hydrogen) atoms. The zero-order chi connectivity index (χ0) is 23.4. The molecule has 1 aliphatic heterocycles. The van der Waals surface area contributed by atoms with E-state index in [9.17, 15) is 21.6 Å². The van der Waals surface area contributed by atoms with Gasteiger partial charge in [0.2, 0.25) is 0 Å². The minimum atomic E-state index is -4.49. The van der Waals surface area contributed by atoms with Crippen LogP contribution < -0.4 is 10.1 Å². The largest absolute Gasteiger partial charge is 0.492 e. The monoisotopic (exact) mass is 467 g/mol. The molecule has 1 N–H and O–H groups in total. The first-order valence-electron chi connectivity index (χ1n) is 10.0. The standard InChI is InChI=1S/C22H24F3N3O3S/c1-32(29,30)21-4-2-20(3-5-21)31-15-19-14-28(9-7-27-19)8-6-16-10-17(13-26)12-18(11-16)22(23,24)25/h2-5,10-12,19,27H,6-9,14-15H2,1H3/t19-/m0/s1. The van der Waals surface area contributed by atoms with Crippen molar-refractivity contribution in [2.45, 2.75) is 23.5 Å². The quantitative estimate of drug-likeness (QED) is 0.675. The van der Waals surface area contributed by atoms with Gasteiger partial charge < -0.3 is 15.0 Å². The van der Waals surface area contributed by atoms with Gasteiger partial charge in [0.05, 0.1) is 28.1 Å². The molecular formula is C22H24F3N3O3S. The number of alkyl halides is 3. The Balaban J connectivity index is 1.54. The van der Waals surface area contributed by atoms with Gasteiger partial charge in [-0.15, -0.1) is 0 Å². The summed E-state index contributed by atoms with van der Waals surface area (Å²) in [6.07, 6.45) is -2.94. The molecule has 2 aromatic carbocycles. The number of sulfone groups is 1. The van der Waals surface area contributed by atoms with Crippen LogP contribution in [0.2, 0.25) is 0 Å². The molecule has 6 nitrogen and oxygen atoms in total. The Hall–Kier alpha value is -2.61. The van der Waals surface area contributed by atoms with Gasteiger partial charge in [-0.05, 0) is 54.4 Å². The summed E-state index contributed by atoms with van der Waals surface area (Å²) >= 11 is 0. The van der Waals surface area contributed by atoms with Gasteiger partial charge in [-0.1, -0.05) is 0 Å². The van der Waals surface area contributed by atoms with Crippen LogP contribution in [0.3, 0.4) is 0 Å². The van der Waals surface area contributed by atoms with Gasteiger partial charge in [0, 0.05) is 32.4 Å². The summed E-state index contributed by atoms with van der Waals surface area (Å²) in [7, 11) is -3.26. The predicted molar refractivity (Wildman–Crippen MR) is 113 cm³/mol. The van der Waals surface area contributed by atoms with Gasteiger partial charge in [0.1, 0.15) is 12.4 Å². The summed E-state index contributed by atoms with van der Waals surface area (Å²) in [5, 5.41) is 12.4. The van der Waals surface area contributed by atoms with E-state index in [0.717, 1.165) is 24.9 Å². The minimum absolute atomic E-state index is 0.00306. The molecule has 0 saturated carbocycles. The summed E-state index contributed by atoms with van der Waals surface area (Å²) in [5.41, 5.74) is -0.322. The first kappa shape index (κ1) is 24.0. The highest BCUT2D eigenvalue weighted by Crippen LogP contribution is 2.30. The van der Waals surface area contributed by atoms with Crippen LogP contribution in [0.25, 0.3) is 0 Å². The topological polar surface area (TPSA) is 82.4 Å². The van der Waals surface area contributed by atoms with Crippen molar-refractivity contribution in [3.63, 3.8) is 0 Å². The number of piperazine rings is 1. The number of hydrogen-bond donors (Lipinski definition) is 1. The molecule has 0 spiro atoms. The fourth-order valence-corrected chi connectivity index (χ4v) is 4.17. The number of benzene rings is 2. The molecule has 3 rings (SSSR count). The Morgan fingerprint density at radius 2 is 1.94 bits per heavy atom. The zero-order valence-electron chi connectivity index (χ0n) is 17.5. The lowest BCUT2D eigenvalue weighted by molar-refractivity contribution is -0.137. The first-order valence-corrected chi connectivity index (χ1v) is 11.9. The molecule has 2 aromatic rings. The Bertz CT molecular complexity index is 1080. The third kappa shape index (κ3) is 6.69. The van der Waals surface area contributed by atoms with E-state index in [2.05, 4.69) is 10.2 Å². The number of ether oxygens (including phenoxy) is 1. The van der Waals surface area contributed by atoms with Crippen LogP contribution in [-0.4, -0.2) is 58.4 Å². The maximum absolute atomic E-state index is 13.1. The summed E-state index contributed by atoms with van der Waals surface area (Å²) in [5.74, 6) is 0.560. The van der Waals surface area contributed by atoms with Crippen molar-refractivity contribution in [3.05, 3.63) is 59.2 Å². The van der Waals surface area contributed by atoms with E-state index in [4.69, 9.17) is 10.00 Å². The van der Waals surface area contributed by atoms with E-state index in [-0.39, 0.29) is 16.5 Å². The fraction of sp³-hybridized carbons (Fsp3) is 0.409. The molecule has 0 aliphatic carbocycles. The van der Waals surface area contributed by atoms with E-state index in [1.807, 2.05) is 0 Å². The van der Waals surface area contributed by atoms with Crippen molar-refractivity contribution in [2.75, 3.05) is 39.0 Å². The second-order valence-electron chi connectivity index (χ2n) is 7.78. The van der Waals surface area contributed by atoms with Crippen molar-refractivity contribution < 1.29 is 26.3 Å². The molecule has 0 amide bonds. The lowest BCUT2D eigenvalue weighted by Crippen LogP contribution is -2.53. The molecular weight excluding hydrogens is 443 g/mol. The van der Waals surface area contributed by atoms with Gasteiger partial charge in [-0.25, -0.2) is 8.42 Å². The highest BCUT2D eigenvalue weighted by atomic mass is 32.2. The molecule has 1 atom stereocenters. The van der Waals surface area contributed by atoms with E-state index in [1.54, 1.807) is 18.2 Å². The number of nitrogens with one attached hydrogen (secondary N) is 1. The van der Waals surface area contributed by atoms with Crippen molar-refractivity contribution in [2.24, 2.45) is 0 Å². The summed E-state index contributed by atoms with van der Waals surface area (Å²) in [6, 6.07) is 11.5. The number of halogens is 3. The molecule has 172 valence electrons. The molecule has 1 aliphatic rings. The normalized spacial score (nSPS) is 17.7. The Labute approximate surface area is 185 Å². The highest BCUT2D eigenvalue weighted by molar-refractivity contribution is 7.90. The van der Waals surface area contributed by atoms with Gasteiger partial charge in [-0.2, -0.15) is 18.4 Å². The first-order chi connectivity index (χ1) is 15.0. The third-order valence-electron chi connectivity index (χ3n) is 5.21. The Morgan fingerprint density at radius 3 is 2.56 bits per heavy atom. The average Bonchev–Trinajstić information content (AvgIpc) is 2.75. The molecule has 0 radical (unpaired) electrons. The van der Waals surface area contributed by atoms with E-state index >= 15 is 0 Å². The smallest absolute Gasteiger partial charge is 0.416 e. The second-order valence-corrected chi connectivity index (χ2v) is 9.80.